The third-order valence-corrected chi connectivity index (χ3v) is 6.46. The zero-order chi connectivity index (χ0) is 24.2. The highest BCUT2D eigenvalue weighted by Crippen LogP contribution is 2.43. The van der Waals surface area contributed by atoms with E-state index in [9.17, 15) is 18.8 Å². The fourth-order valence-electron chi connectivity index (χ4n) is 4.71. The van der Waals surface area contributed by atoms with E-state index in [0.29, 0.717) is 31.9 Å². The number of piperazine rings is 1. The number of nitrogens with one attached hydrogen (secondary N) is 2. The van der Waals surface area contributed by atoms with Gasteiger partial charge < -0.3 is 25.2 Å². The fourth-order valence-corrected chi connectivity index (χ4v) is 4.71. The molecule has 0 saturated carbocycles. The summed E-state index contributed by atoms with van der Waals surface area (Å²) in [5.41, 5.74) is 2.17. The first-order chi connectivity index (χ1) is 16.4. The number of aryl methyl sites for hydroxylation is 1. The summed E-state index contributed by atoms with van der Waals surface area (Å²) < 4.78 is 18.4. The van der Waals surface area contributed by atoms with Crippen molar-refractivity contribution in [3.8, 4) is 0 Å². The van der Waals surface area contributed by atoms with Gasteiger partial charge in [0.2, 0.25) is 5.91 Å². The molecule has 2 saturated heterocycles. The standard InChI is InChI=1S/C25H29FN4O4/c1-16-3-5-17(6-4-16)22-20(24(32)34-2)15-21(23(31)29-13-11-27-12-14-29)30(22)25(33)28-19-9-7-18(26)8-10-19/h3-10,20-22,27H,11-15H2,1-2H3,(H,28,33). The molecule has 2 aromatic rings. The third-order valence-electron chi connectivity index (χ3n) is 6.46. The van der Waals surface area contributed by atoms with Crippen molar-refractivity contribution in [2.45, 2.75) is 25.4 Å². The number of carbonyl (C=O) groups excluding carboxylic acids is 3. The van der Waals surface area contributed by atoms with Crippen LogP contribution in [-0.4, -0.2) is 67.0 Å². The van der Waals surface area contributed by atoms with Crippen molar-refractivity contribution < 1.29 is 23.5 Å². The molecular weight excluding hydrogens is 439 g/mol. The second-order valence-corrected chi connectivity index (χ2v) is 8.66. The number of urea groups is 1. The van der Waals surface area contributed by atoms with Crippen molar-refractivity contribution in [1.82, 2.24) is 15.1 Å². The van der Waals surface area contributed by atoms with Crippen LogP contribution in [0.4, 0.5) is 14.9 Å². The number of amides is 3. The number of hydrogen-bond acceptors (Lipinski definition) is 5. The first-order valence-corrected chi connectivity index (χ1v) is 11.4. The van der Waals surface area contributed by atoms with Gasteiger partial charge in [-0.2, -0.15) is 0 Å². The Morgan fingerprint density at radius 2 is 1.68 bits per heavy atom. The monoisotopic (exact) mass is 468 g/mol. The molecule has 3 unspecified atom stereocenters. The Morgan fingerprint density at radius 1 is 1.03 bits per heavy atom. The van der Waals surface area contributed by atoms with E-state index in [1.165, 1.54) is 36.3 Å². The Labute approximate surface area is 198 Å². The molecule has 2 aromatic carbocycles. The van der Waals surface area contributed by atoms with Gasteiger partial charge in [-0.1, -0.05) is 29.8 Å². The van der Waals surface area contributed by atoms with Crippen LogP contribution in [0, 0.1) is 18.7 Å². The van der Waals surface area contributed by atoms with E-state index >= 15 is 0 Å². The van der Waals surface area contributed by atoms with Crippen LogP contribution in [0.3, 0.4) is 0 Å². The summed E-state index contributed by atoms with van der Waals surface area (Å²) in [6, 6.07) is 10.9. The van der Waals surface area contributed by atoms with Crippen molar-refractivity contribution in [3.05, 3.63) is 65.5 Å². The molecule has 0 aliphatic carbocycles. The van der Waals surface area contributed by atoms with Gasteiger partial charge in [-0.05, 0) is 43.2 Å². The van der Waals surface area contributed by atoms with Gasteiger partial charge in [0.05, 0.1) is 19.1 Å². The number of rotatable bonds is 4. The SMILES string of the molecule is COC(=O)C1CC(C(=O)N2CCNCC2)N(C(=O)Nc2ccc(F)cc2)C1c1ccc(C)cc1. The third kappa shape index (κ3) is 4.89. The summed E-state index contributed by atoms with van der Waals surface area (Å²) in [5.74, 6) is -1.79. The molecule has 2 aliphatic rings. The maximum Gasteiger partial charge on any atom is 0.323 e. The molecule has 2 aliphatic heterocycles. The Hall–Kier alpha value is -3.46. The lowest BCUT2D eigenvalue weighted by Gasteiger charge is -2.35. The Bertz CT molecular complexity index is 1040. The van der Waals surface area contributed by atoms with Crippen LogP contribution < -0.4 is 10.6 Å². The van der Waals surface area contributed by atoms with E-state index in [-0.39, 0.29) is 12.3 Å². The first kappa shape index (κ1) is 23.7. The highest BCUT2D eigenvalue weighted by molar-refractivity contribution is 5.96. The number of hydrogen-bond donors (Lipinski definition) is 2. The van der Waals surface area contributed by atoms with E-state index in [0.717, 1.165) is 11.1 Å². The summed E-state index contributed by atoms with van der Waals surface area (Å²) in [7, 11) is 1.31. The topological polar surface area (TPSA) is 91.0 Å². The molecule has 9 heteroatoms. The second-order valence-electron chi connectivity index (χ2n) is 8.66. The van der Waals surface area contributed by atoms with Crippen molar-refractivity contribution in [2.24, 2.45) is 5.92 Å². The van der Waals surface area contributed by atoms with Gasteiger partial charge >= 0.3 is 12.0 Å². The minimum Gasteiger partial charge on any atom is -0.469 e. The molecule has 0 aromatic heterocycles. The van der Waals surface area contributed by atoms with Gasteiger partial charge in [0.25, 0.3) is 0 Å². The summed E-state index contributed by atoms with van der Waals surface area (Å²) >= 11 is 0. The summed E-state index contributed by atoms with van der Waals surface area (Å²) in [5, 5.41) is 5.99. The molecule has 2 fully saturated rings. The van der Waals surface area contributed by atoms with Gasteiger partial charge in [0.1, 0.15) is 11.9 Å². The smallest absolute Gasteiger partial charge is 0.323 e. The lowest BCUT2D eigenvalue weighted by Crippen LogP contribution is -2.54. The fraction of sp³-hybridized carbons (Fsp3) is 0.400. The van der Waals surface area contributed by atoms with Crippen molar-refractivity contribution in [3.63, 3.8) is 0 Å². The van der Waals surface area contributed by atoms with E-state index in [4.69, 9.17) is 4.74 Å². The van der Waals surface area contributed by atoms with Crippen molar-refractivity contribution in [1.29, 1.82) is 0 Å². The largest absolute Gasteiger partial charge is 0.469 e. The van der Waals surface area contributed by atoms with Crippen molar-refractivity contribution in [2.75, 3.05) is 38.6 Å². The lowest BCUT2D eigenvalue weighted by molar-refractivity contribution is -0.146. The van der Waals surface area contributed by atoms with Crippen LogP contribution in [-0.2, 0) is 14.3 Å². The van der Waals surface area contributed by atoms with Gasteiger partial charge in [0.15, 0.2) is 0 Å². The molecule has 3 atom stereocenters. The van der Waals surface area contributed by atoms with Gasteiger partial charge in [-0.15, -0.1) is 0 Å². The van der Waals surface area contributed by atoms with Gasteiger partial charge in [-0.25, -0.2) is 9.18 Å². The number of esters is 1. The molecule has 0 bridgehead atoms. The van der Waals surface area contributed by atoms with Gasteiger partial charge in [-0.3, -0.25) is 9.59 Å². The molecule has 2 N–H and O–H groups in total. The summed E-state index contributed by atoms with van der Waals surface area (Å²) in [6.07, 6.45) is 0.158. The molecule has 8 nitrogen and oxygen atoms in total. The number of anilines is 1. The predicted molar refractivity (Wildman–Crippen MR) is 125 cm³/mol. The van der Waals surface area contributed by atoms with Crippen LogP contribution >= 0.6 is 0 Å². The zero-order valence-corrected chi connectivity index (χ0v) is 19.3. The number of likely N-dealkylation sites (tertiary alicyclic amines) is 1. The molecule has 180 valence electrons. The summed E-state index contributed by atoms with van der Waals surface area (Å²) in [6.45, 7) is 4.34. The minimum absolute atomic E-state index is 0.158. The number of nitrogens with zero attached hydrogens (tertiary/aromatic N) is 2. The van der Waals surface area contributed by atoms with Crippen LogP contribution in [0.1, 0.15) is 23.6 Å². The van der Waals surface area contributed by atoms with E-state index in [1.807, 2.05) is 31.2 Å². The predicted octanol–water partition coefficient (Wildman–Crippen LogP) is 2.70. The van der Waals surface area contributed by atoms with E-state index < -0.39 is 35.8 Å². The van der Waals surface area contributed by atoms with E-state index in [2.05, 4.69) is 10.6 Å². The van der Waals surface area contributed by atoms with Crippen LogP contribution in [0.15, 0.2) is 48.5 Å². The molecule has 2 heterocycles. The molecule has 34 heavy (non-hydrogen) atoms. The number of methoxy groups -OCH3 is 1. The summed E-state index contributed by atoms with van der Waals surface area (Å²) in [4.78, 5) is 43.2. The Morgan fingerprint density at radius 3 is 2.29 bits per heavy atom. The van der Waals surface area contributed by atoms with Gasteiger partial charge in [0, 0.05) is 31.9 Å². The normalized spacial score (nSPS) is 22.4. The first-order valence-electron chi connectivity index (χ1n) is 11.4. The maximum absolute atomic E-state index is 13.6. The number of halogens is 1. The zero-order valence-electron chi connectivity index (χ0n) is 19.3. The van der Waals surface area contributed by atoms with E-state index in [1.54, 1.807) is 4.90 Å². The average molecular weight is 469 g/mol. The lowest BCUT2D eigenvalue weighted by atomic mass is 9.92. The highest BCUT2D eigenvalue weighted by Gasteiger charge is 2.52. The number of carbonyl (C=O) groups is 3. The minimum atomic E-state index is -0.839. The van der Waals surface area contributed by atoms with Crippen molar-refractivity contribution >= 4 is 23.6 Å². The average Bonchev–Trinajstić information content (AvgIpc) is 3.26. The second kappa shape index (κ2) is 10.2. The molecule has 4 rings (SSSR count). The number of benzene rings is 2. The molecule has 3 amide bonds. The van der Waals surface area contributed by atoms with Crippen LogP contribution in [0.5, 0.6) is 0 Å². The quantitative estimate of drug-likeness (QED) is 0.674. The molecule has 0 spiro atoms. The number of ether oxygens (including phenoxy) is 1. The maximum atomic E-state index is 13.6. The Kier molecular flexibility index (Phi) is 7.12. The Balaban J connectivity index is 1.72. The van der Waals surface area contributed by atoms with Crippen LogP contribution in [0.25, 0.3) is 0 Å². The van der Waals surface area contributed by atoms with Crippen LogP contribution in [0.2, 0.25) is 0 Å². The molecular formula is C25H29FN4O4. The highest BCUT2D eigenvalue weighted by atomic mass is 19.1. The molecule has 0 radical (unpaired) electrons.